The van der Waals surface area contributed by atoms with Gasteiger partial charge < -0.3 is 8.83 Å². The van der Waals surface area contributed by atoms with E-state index in [2.05, 4.69) is 19.7 Å². The Kier molecular flexibility index (Phi) is 4.07. The highest BCUT2D eigenvalue weighted by molar-refractivity contribution is 7.92. The summed E-state index contributed by atoms with van der Waals surface area (Å²) in [6, 6.07) is 13.6. The first kappa shape index (κ1) is 18.0. The highest BCUT2D eigenvalue weighted by Gasteiger charge is 2.17. The third-order valence-corrected chi connectivity index (χ3v) is 5.66. The first-order valence-corrected chi connectivity index (χ1v) is 10.2. The molecule has 1 N–H and O–H groups in total. The number of rotatable bonds is 4. The van der Waals surface area contributed by atoms with Crippen LogP contribution in [0.25, 0.3) is 33.7 Å². The average Bonchev–Trinajstić information content (AvgIpc) is 3.17. The Morgan fingerprint density at radius 2 is 1.77 bits per heavy atom. The van der Waals surface area contributed by atoms with Gasteiger partial charge in [-0.2, -0.15) is 4.98 Å². The number of pyridine rings is 2. The maximum Gasteiger partial charge on any atom is 0.336 e. The van der Waals surface area contributed by atoms with Gasteiger partial charge in [-0.15, -0.1) is 0 Å². The molecule has 0 atom stereocenters. The predicted octanol–water partition coefficient (Wildman–Crippen LogP) is 3.19. The van der Waals surface area contributed by atoms with Gasteiger partial charge in [0.25, 0.3) is 10.0 Å². The van der Waals surface area contributed by atoms with Crippen molar-refractivity contribution in [3.8, 4) is 11.5 Å². The van der Waals surface area contributed by atoms with Gasteiger partial charge in [-0.1, -0.05) is 0 Å². The second-order valence-electron chi connectivity index (χ2n) is 6.33. The molecule has 0 aliphatic heterocycles. The highest BCUT2D eigenvalue weighted by atomic mass is 32.2. The smallest absolute Gasteiger partial charge is 0.336 e. The lowest BCUT2D eigenvalue weighted by atomic mass is 10.2. The van der Waals surface area contributed by atoms with Gasteiger partial charge >= 0.3 is 5.63 Å². The number of nitrogens with zero attached hydrogens (tertiary/aromatic N) is 3. The van der Waals surface area contributed by atoms with Crippen LogP contribution in [0.15, 0.2) is 85.5 Å². The van der Waals surface area contributed by atoms with E-state index in [0.29, 0.717) is 33.7 Å². The molecule has 5 aromatic rings. The molecule has 10 heteroatoms. The summed E-state index contributed by atoms with van der Waals surface area (Å²) >= 11 is 0. The summed E-state index contributed by atoms with van der Waals surface area (Å²) in [5.74, 6) is 0.398. The number of aromatic nitrogens is 3. The summed E-state index contributed by atoms with van der Waals surface area (Å²) < 4.78 is 38.8. The van der Waals surface area contributed by atoms with E-state index in [1.807, 2.05) is 0 Å². The summed E-state index contributed by atoms with van der Waals surface area (Å²) in [7, 11) is -3.93. The molecule has 30 heavy (non-hydrogen) atoms. The Hall–Kier alpha value is -4.05. The van der Waals surface area contributed by atoms with Gasteiger partial charge in [-0.3, -0.25) is 4.72 Å². The summed E-state index contributed by atoms with van der Waals surface area (Å²) in [6.07, 6.45) is 3.06. The van der Waals surface area contributed by atoms with Gasteiger partial charge in [-0.25, -0.2) is 23.2 Å². The molecule has 0 fully saturated rings. The molecule has 0 unspecified atom stereocenters. The molecule has 0 aliphatic carbocycles. The fourth-order valence-corrected chi connectivity index (χ4v) is 3.96. The maximum atomic E-state index is 12.8. The first-order chi connectivity index (χ1) is 14.5. The van der Waals surface area contributed by atoms with Crippen LogP contribution in [0.4, 0.5) is 5.82 Å². The van der Waals surface area contributed by atoms with Crippen molar-refractivity contribution in [3.05, 3.63) is 77.4 Å². The van der Waals surface area contributed by atoms with Crippen LogP contribution >= 0.6 is 0 Å². The van der Waals surface area contributed by atoms with Crippen molar-refractivity contribution in [2.75, 3.05) is 4.72 Å². The number of sulfonamides is 1. The quantitative estimate of drug-likeness (QED) is 0.439. The van der Waals surface area contributed by atoms with Crippen LogP contribution in [0.5, 0.6) is 0 Å². The van der Waals surface area contributed by atoms with E-state index in [1.165, 1.54) is 42.6 Å². The van der Waals surface area contributed by atoms with Gasteiger partial charge in [0.15, 0.2) is 11.2 Å². The number of hydrogen-bond acceptors (Lipinski definition) is 8. The molecule has 5 rings (SSSR count). The Morgan fingerprint density at radius 1 is 0.867 bits per heavy atom. The first-order valence-electron chi connectivity index (χ1n) is 8.73. The zero-order valence-electron chi connectivity index (χ0n) is 15.1. The summed E-state index contributed by atoms with van der Waals surface area (Å²) in [5.41, 5.74) is 1.31. The van der Waals surface area contributed by atoms with Crippen molar-refractivity contribution in [1.29, 1.82) is 0 Å². The van der Waals surface area contributed by atoms with Crippen molar-refractivity contribution < 1.29 is 17.3 Å². The third kappa shape index (κ3) is 3.29. The van der Waals surface area contributed by atoms with E-state index in [9.17, 15) is 13.2 Å². The molecule has 9 nitrogen and oxygen atoms in total. The monoisotopic (exact) mass is 420 g/mol. The summed E-state index contributed by atoms with van der Waals surface area (Å²) in [5, 5.41) is 0.484. The van der Waals surface area contributed by atoms with Crippen LogP contribution in [0.1, 0.15) is 0 Å². The van der Waals surface area contributed by atoms with E-state index in [4.69, 9.17) is 8.83 Å². The van der Waals surface area contributed by atoms with Crippen molar-refractivity contribution >= 4 is 38.0 Å². The van der Waals surface area contributed by atoms with Gasteiger partial charge in [0.1, 0.15) is 11.4 Å². The van der Waals surface area contributed by atoms with Crippen molar-refractivity contribution in [2.24, 2.45) is 0 Å². The van der Waals surface area contributed by atoms with Crippen molar-refractivity contribution in [2.45, 2.75) is 4.90 Å². The largest absolute Gasteiger partial charge is 0.434 e. The number of hydrogen-bond donors (Lipinski definition) is 1. The fraction of sp³-hybridized carbons (Fsp3) is 0. The average molecular weight is 420 g/mol. The highest BCUT2D eigenvalue weighted by Crippen LogP contribution is 2.25. The minimum Gasteiger partial charge on any atom is -0.434 e. The minimum atomic E-state index is -3.93. The Bertz CT molecular complexity index is 1540. The lowest BCUT2D eigenvalue weighted by molar-refractivity contribution is 0.560. The topological polar surface area (TPSA) is 128 Å². The number of fused-ring (bicyclic) bond motifs is 2. The van der Waals surface area contributed by atoms with Crippen LogP contribution in [-0.2, 0) is 10.0 Å². The third-order valence-electron chi connectivity index (χ3n) is 4.31. The molecule has 0 radical (unpaired) electrons. The van der Waals surface area contributed by atoms with E-state index in [1.54, 1.807) is 24.4 Å². The Labute approximate surface area is 169 Å². The molecule has 0 bridgehead atoms. The van der Waals surface area contributed by atoms with E-state index in [-0.39, 0.29) is 10.7 Å². The zero-order valence-corrected chi connectivity index (χ0v) is 16.0. The molecule has 148 valence electrons. The lowest BCUT2D eigenvalue weighted by Gasteiger charge is -2.08. The zero-order chi connectivity index (χ0) is 20.7. The number of benzene rings is 1. The number of nitrogens with one attached hydrogen (secondary N) is 1. The molecule has 0 spiro atoms. The van der Waals surface area contributed by atoms with Crippen molar-refractivity contribution in [3.63, 3.8) is 0 Å². The standard InChI is InChI=1S/C20H12N4O5S/c25-18-6-3-12-10-14(4-5-15(12)28-18)30(26,27)24-17-11-13(7-9-21-17)20-23-19-16(29-20)2-1-8-22-19/h1-11H,(H,21,24). The summed E-state index contributed by atoms with van der Waals surface area (Å²) in [4.78, 5) is 23.8. The minimum absolute atomic E-state index is 0.00196. The molecule has 4 heterocycles. The van der Waals surface area contributed by atoms with Crippen LogP contribution in [0, 0.1) is 0 Å². The van der Waals surface area contributed by atoms with Gasteiger partial charge in [0.2, 0.25) is 5.89 Å². The van der Waals surface area contributed by atoms with Crippen LogP contribution in [-0.4, -0.2) is 23.4 Å². The predicted molar refractivity (Wildman–Crippen MR) is 108 cm³/mol. The molecule has 0 saturated heterocycles. The second-order valence-corrected chi connectivity index (χ2v) is 8.02. The Morgan fingerprint density at radius 3 is 2.63 bits per heavy atom. The van der Waals surface area contributed by atoms with E-state index >= 15 is 0 Å². The SMILES string of the molecule is O=c1ccc2cc(S(=O)(=O)Nc3cc(-c4nc5ncccc5o4)ccn3)ccc2o1. The number of anilines is 1. The van der Waals surface area contributed by atoms with Gasteiger partial charge in [0.05, 0.1) is 4.90 Å². The molecule has 4 aromatic heterocycles. The fourth-order valence-electron chi connectivity index (χ4n) is 2.93. The molecule has 0 aliphatic rings. The van der Waals surface area contributed by atoms with E-state index in [0.717, 1.165) is 0 Å². The van der Waals surface area contributed by atoms with Crippen molar-refractivity contribution in [1.82, 2.24) is 15.0 Å². The van der Waals surface area contributed by atoms with Crippen LogP contribution in [0.3, 0.4) is 0 Å². The second kappa shape index (κ2) is 6.78. The van der Waals surface area contributed by atoms with E-state index < -0.39 is 15.6 Å². The summed E-state index contributed by atoms with van der Waals surface area (Å²) in [6.45, 7) is 0. The maximum absolute atomic E-state index is 12.8. The molecule has 0 amide bonds. The molecular formula is C20H12N4O5S. The molecule has 0 saturated carbocycles. The Balaban J connectivity index is 1.48. The molecular weight excluding hydrogens is 408 g/mol. The molecule has 1 aromatic carbocycles. The van der Waals surface area contributed by atoms with Crippen LogP contribution in [0.2, 0.25) is 0 Å². The van der Waals surface area contributed by atoms with Gasteiger partial charge in [0, 0.05) is 29.4 Å². The van der Waals surface area contributed by atoms with Crippen LogP contribution < -0.4 is 10.3 Å². The lowest BCUT2D eigenvalue weighted by Crippen LogP contribution is -2.14. The number of oxazole rings is 1. The normalized spacial score (nSPS) is 11.7. The van der Waals surface area contributed by atoms with Gasteiger partial charge in [-0.05, 0) is 48.5 Å².